The van der Waals surface area contributed by atoms with E-state index in [1.165, 1.54) is 36.4 Å². The van der Waals surface area contributed by atoms with Gasteiger partial charge in [0.25, 0.3) is 0 Å². The third-order valence-corrected chi connectivity index (χ3v) is 8.71. The minimum Gasteiger partial charge on any atom is -0.497 e. The molecule has 29 heavy (non-hydrogen) atoms. The summed E-state index contributed by atoms with van der Waals surface area (Å²) in [4.78, 5) is 0. The van der Waals surface area contributed by atoms with E-state index in [9.17, 15) is 0 Å². The number of methoxy groups -OCH3 is 1. The molecule has 0 radical (unpaired) electrons. The van der Waals surface area contributed by atoms with E-state index in [1.807, 2.05) is 12.1 Å². The second-order valence-corrected chi connectivity index (χ2v) is 12.8. The summed E-state index contributed by atoms with van der Waals surface area (Å²) in [6.45, 7) is 11.5. The standard InChI is InChI=1S/C26H34O2Si/c1-6-7-8-12-15-23-20(2)26(19-29(4,5)22-13-10-9-11-14-22)28-25-17-16-21(27-3)18-24(23)25/h9-11,13-14,16-19,23H,2,6-8,12,15H2,1,3-5H3/b26-19-. The van der Waals surface area contributed by atoms with Gasteiger partial charge in [0.05, 0.1) is 7.11 Å². The molecular weight excluding hydrogens is 372 g/mol. The Bertz CT molecular complexity index is 868. The van der Waals surface area contributed by atoms with Crippen molar-refractivity contribution in [3.8, 4) is 11.5 Å². The van der Waals surface area contributed by atoms with E-state index in [-0.39, 0.29) is 5.92 Å². The highest BCUT2D eigenvalue weighted by molar-refractivity contribution is 6.94. The molecule has 0 aliphatic carbocycles. The molecule has 0 amide bonds. The minimum absolute atomic E-state index is 0.289. The van der Waals surface area contributed by atoms with Gasteiger partial charge in [-0.05, 0) is 35.9 Å². The van der Waals surface area contributed by atoms with E-state index in [0.717, 1.165) is 29.3 Å². The van der Waals surface area contributed by atoms with Gasteiger partial charge in [0, 0.05) is 11.5 Å². The van der Waals surface area contributed by atoms with Crippen LogP contribution in [0, 0.1) is 0 Å². The van der Waals surface area contributed by atoms with Gasteiger partial charge in [-0.25, -0.2) is 0 Å². The highest BCUT2D eigenvalue weighted by Crippen LogP contribution is 2.45. The van der Waals surface area contributed by atoms with Crippen LogP contribution in [0.25, 0.3) is 0 Å². The predicted molar refractivity (Wildman–Crippen MR) is 126 cm³/mol. The molecule has 154 valence electrons. The highest BCUT2D eigenvalue weighted by Gasteiger charge is 2.31. The van der Waals surface area contributed by atoms with Crippen molar-refractivity contribution in [2.45, 2.75) is 58.0 Å². The van der Waals surface area contributed by atoms with Gasteiger partial charge in [-0.15, -0.1) is 0 Å². The van der Waals surface area contributed by atoms with Crippen LogP contribution in [-0.4, -0.2) is 15.2 Å². The van der Waals surface area contributed by atoms with Crippen LogP contribution in [0.5, 0.6) is 11.5 Å². The Balaban J connectivity index is 1.94. The summed E-state index contributed by atoms with van der Waals surface area (Å²) in [5, 5.41) is 1.41. The third-order valence-electron chi connectivity index (χ3n) is 5.91. The van der Waals surface area contributed by atoms with E-state index in [2.05, 4.69) is 68.7 Å². The monoisotopic (exact) mass is 406 g/mol. The normalized spacial score (nSPS) is 17.7. The Labute approximate surface area is 177 Å². The fraction of sp³-hybridized carbons (Fsp3) is 0.385. The van der Waals surface area contributed by atoms with Gasteiger partial charge in [-0.2, -0.15) is 0 Å². The number of benzene rings is 2. The quantitative estimate of drug-likeness (QED) is 0.357. The molecule has 3 heteroatoms. The molecule has 2 nitrogen and oxygen atoms in total. The number of hydrogen-bond donors (Lipinski definition) is 0. The summed E-state index contributed by atoms with van der Waals surface area (Å²) in [7, 11) is -0.0757. The Morgan fingerprint density at radius 3 is 2.52 bits per heavy atom. The Morgan fingerprint density at radius 2 is 1.83 bits per heavy atom. The summed E-state index contributed by atoms with van der Waals surface area (Å²) < 4.78 is 11.9. The van der Waals surface area contributed by atoms with Crippen LogP contribution >= 0.6 is 0 Å². The number of allylic oxidation sites excluding steroid dienone is 1. The zero-order valence-electron chi connectivity index (χ0n) is 18.3. The molecule has 3 rings (SSSR count). The average Bonchev–Trinajstić information content (AvgIpc) is 2.73. The summed E-state index contributed by atoms with van der Waals surface area (Å²) >= 11 is 0. The maximum atomic E-state index is 6.40. The maximum absolute atomic E-state index is 6.40. The molecular formula is C26H34O2Si. The van der Waals surface area contributed by atoms with Crippen LogP contribution in [0.2, 0.25) is 13.1 Å². The summed E-state index contributed by atoms with van der Waals surface area (Å²) in [6.07, 6.45) is 6.12. The molecule has 0 N–H and O–H groups in total. The number of unbranched alkanes of at least 4 members (excludes halogenated alkanes) is 3. The van der Waals surface area contributed by atoms with Gasteiger partial charge < -0.3 is 9.47 Å². The van der Waals surface area contributed by atoms with Gasteiger partial charge in [0.15, 0.2) is 0 Å². The number of rotatable bonds is 8. The van der Waals surface area contributed by atoms with Crippen molar-refractivity contribution in [1.82, 2.24) is 0 Å². The molecule has 1 unspecified atom stereocenters. The first-order valence-corrected chi connectivity index (χ1v) is 13.9. The zero-order chi connectivity index (χ0) is 20.9. The number of hydrogen-bond acceptors (Lipinski definition) is 2. The minimum atomic E-state index is -1.79. The topological polar surface area (TPSA) is 18.5 Å². The average molecular weight is 407 g/mol. The van der Waals surface area contributed by atoms with Crippen LogP contribution in [0.15, 0.2) is 72.1 Å². The molecule has 1 aliphatic rings. The van der Waals surface area contributed by atoms with E-state index in [1.54, 1.807) is 7.11 Å². The number of fused-ring (bicyclic) bond motifs is 1. The van der Waals surface area contributed by atoms with Gasteiger partial charge in [-0.1, -0.05) is 87.8 Å². The zero-order valence-corrected chi connectivity index (χ0v) is 19.3. The Hall–Kier alpha value is -2.26. The first-order valence-electron chi connectivity index (χ1n) is 10.8. The van der Waals surface area contributed by atoms with E-state index in [0.29, 0.717) is 0 Å². The maximum Gasteiger partial charge on any atom is 0.131 e. The van der Waals surface area contributed by atoms with Crippen LogP contribution in [0.4, 0.5) is 0 Å². The summed E-state index contributed by atoms with van der Waals surface area (Å²) in [5.74, 6) is 3.08. The van der Waals surface area contributed by atoms with E-state index in [4.69, 9.17) is 9.47 Å². The molecule has 0 aromatic heterocycles. The van der Waals surface area contributed by atoms with Crippen molar-refractivity contribution >= 4 is 13.3 Å². The van der Waals surface area contributed by atoms with Crippen molar-refractivity contribution in [1.29, 1.82) is 0 Å². The second kappa shape index (κ2) is 9.49. The van der Waals surface area contributed by atoms with Crippen LogP contribution in [0.3, 0.4) is 0 Å². The van der Waals surface area contributed by atoms with Gasteiger partial charge in [0.2, 0.25) is 0 Å². The molecule has 1 atom stereocenters. The van der Waals surface area contributed by atoms with Crippen LogP contribution < -0.4 is 14.7 Å². The smallest absolute Gasteiger partial charge is 0.131 e. The Kier molecular flexibility index (Phi) is 7.02. The lowest BCUT2D eigenvalue weighted by molar-refractivity contribution is 0.385. The van der Waals surface area contributed by atoms with Crippen molar-refractivity contribution in [2.24, 2.45) is 0 Å². The lowest BCUT2D eigenvalue weighted by atomic mass is 9.84. The number of ether oxygens (including phenoxy) is 2. The van der Waals surface area contributed by atoms with Crippen molar-refractivity contribution in [2.75, 3.05) is 7.11 Å². The predicted octanol–water partition coefficient (Wildman–Crippen LogP) is 6.74. The first-order chi connectivity index (χ1) is 14.0. The highest BCUT2D eigenvalue weighted by atomic mass is 28.3. The largest absolute Gasteiger partial charge is 0.497 e. The van der Waals surface area contributed by atoms with Crippen molar-refractivity contribution < 1.29 is 9.47 Å². The van der Waals surface area contributed by atoms with Crippen LogP contribution in [0.1, 0.15) is 50.5 Å². The van der Waals surface area contributed by atoms with Crippen molar-refractivity contribution in [3.05, 3.63) is 77.7 Å². The molecule has 2 aromatic rings. The first kappa shape index (κ1) is 21.4. The van der Waals surface area contributed by atoms with Gasteiger partial charge >= 0.3 is 0 Å². The van der Waals surface area contributed by atoms with E-state index < -0.39 is 8.07 Å². The fourth-order valence-corrected chi connectivity index (χ4v) is 6.19. The van der Waals surface area contributed by atoms with E-state index >= 15 is 0 Å². The molecule has 1 aliphatic heterocycles. The van der Waals surface area contributed by atoms with Gasteiger partial charge in [0.1, 0.15) is 25.3 Å². The summed E-state index contributed by atoms with van der Waals surface area (Å²) in [5.41, 5.74) is 4.69. The molecule has 0 saturated carbocycles. The van der Waals surface area contributed by atoms with Crippen LogP contribution in [-0.2, 0) is 0 Å². The third kappa shape index (κ3) is 5.02. The van der Waals surface area contributed by atoms with Crippen molar-refractivity contribution in [3.63, 3.8) is 0 Å². The fourth-order valence-electron chi connectivity index (χ4n) is 4.07. The molecule has 2 aromatic carbocycles. The lowest BCUT2D eigenvalue weighted by Crippen LogP contribution is -2.40. The molecule has 0 bridgehead atoms. The lowest BCUT2D eigenvalue weighted by Gasteiger charge is -2.32. The Morgan fingerprint density at radius 1 is 1.07 bits per heavy atom. The van der Waals surface area contributed by atoms with Gasteiger partial charge in [-0.3, -0.25) is 0 Å². The molecule has 0 saturated heterocycles. The molecule has 0 fully saturated rings. The molecule has 0 spiro atoms. The molecule has 1 heterocycles. The second-order valence-electron chi connectivity index (χ2n) is 8.53. The summed E-state index contributed by atoms with van der Waals surface area (Å²) in [6, 6.07) is 16.9. The SMILES string of the molecule is C=C1/C(=C/[Si](C)(C)c2ccccc2)Oc2ccc(OC)cc2C1CCCCCC.